The summed E-state index contributed by atoms with van der Waals surface area (Å²) >= 11 is 0. The highest BCUT2D eigenvalue weighted by Gasteiger charge is 2.31. The number of benzene rings is 1. The van der Waals surface area contributed by atoms with E-state index >= 15 is 0 Å². The molecule has 26 heavy (non-hydrogen) atoms. The average Bonchev–Trinajstić information content (AvgIpc) is 2.44. The van der Waals surface area contributed by atoms with Gasteiger partial charge in [0, 0.05) is 22.4 Å². The fraction of sp³-hybridized carbons (Fsp3) is 0.333. The average molecular weight is 411 g/mol. The van der Waals surface area contributed by atoms with Crippen LogP contribution in [0.25, 0.3) is 5.69 Å². The second-order valence-electron chi connectivity index (χ2n) is 5.71. The summed E-state index contributed by atoms with van der Waals surface area (Å²) in [5.41, 5.74) is -2.69. The second-order valence-corrected chi connectivity index (χ2v) is 8.54. The van der Waals surface area contributed by atoms with E-state index in [1.165, 1.54) is 19.9 Å². The maximum absolute atomic E-state index is 12.9. The molecule has 0 spiro atoms. The van der Waals surface area contributed by atoms with E-state index in [0.29, 0.717) is 4.57 Å². The van der Waals surface area contributed by atoms with Gasteiger partial charge in [-0.1, -0.05) is 6.07 Å². The van der Waals surface area contributed by atoms with Gasteiger partial charge in [-0.25, -0.2) is 13.2 Å². The molecule has 1 aromatic carbocycles. The van der Waals surface area contributed by atoms with Gasteiger partial charge in [0.2, 0.25) is 9.05 Å². The van der Waals surface area contributed by atoms with E-state index in [9.17, 15) is 31.2 Å². The lowest BCUT2D eigenvalue weighted by atomic mass is 10.2. The van der Waals surface area contributed by atoms with Gasteiger partial charge in [0.05, 0.1) is 23.0 Å². The molecule has 0 bridgehead atoms. The molecule has 1 heterocycles. The first-order valence-electron chi connectivity index (χ1n) is 7.26. The number of nitrogens with zero attached hydrogens (tertiary/aromatic N) is 2. The van der Waals surface area contributed by atoms with Crippen molar-refractivity contribution in [3.63, 3.8) is 0 Å². The Morgan fingerprint density at radius 2 is 1.81 bits per heavy atom. The van der Waals surface area contributed by atoms with Crippen molar-refractivity contribution in [2.45, 2.75) is 26.1 Å². The summed E-state index contributed by atoms with van der Waals surface area (Å²) < 4.78 is 62.8. The van der Waals surface area contributed by atoms with Gasteiger partial charge in [0.25, 0.3) is 5.56 Å². The van der Waals surface area contributed by atoms with Crippen LogP contribution < -0.4 is 11.2 Å². The van der Waals surface area contributed by atoms with Crippen molar-refractivity contribution in [3.05, 3.63) is 62.4 Å². The van der Waals surface area contributed by atoms with Crippen LogP contribution in [0.1, 0.15) is 24.2 Å². The molecule has 0 saturated carbocycles. The van der Waals surface area contributed by atoms with E-state index in [1.807, 2.05) is 0 Å². The van der Waals surface area contributed by atoms with Crippen molar-refractivity contribution in [2.24, 2.45) is 0 Å². The third-order valence-electron chi connectivity index (χ3n) is 3.63. The molecule has 0 saturated heterocycles. The zero-order chi connectivity index (χ0) is 19.9. The topological polar surface area (TPSA) is 78.1 Å². The van der Waals surface area contributed by atoms with Crippen molar-refractivity contribution in [3.8, 4) is 5.69 Å². The number of halogens is 4. The molecule has 0 aliphatic heterocycles. The van der Waals surface area contributed by atoms with Crippen LogP contribution in [0, 0.1) is 6.92 Å². The van der Waals surface area contributed by atoms with Gasteiger partial charge in [-0.2, -0.15) is 13.2 Å². The molecule has 1 aromatic heterocycles. The van der Waals surface area contributed by atoms with Gasteiger partial charge >= 0.3 is 11.9 Å². The number of rotatable bonds is 4. The lowest BCUT2D eigenvalue weighted by molar-refractivity contribution is -0.137. The Bertz CT molecular complexity index is 1060. The zero-order valence-corrected chi connectivity index (χ0v) is 15.2. The van der Waals surface area contributed by atoms with E-state index in [4.69, 9.17) is 10.7 Å². The Morgan fingerprint density at radius 1 is 1.19 bits per heavy atom. The summed E-state index contributed by atoms with van der Waals surface area (Å²) in [6, 6.07) is 3.97. The molecular formula is C15H14ClF3N2O4S. The summed E-state index contributed by atoms with van der Waals surface area (Å²) in [7, 11) is 1.16. The quantitative estimate of drug-likeness (QED) is 0.725. The summed E-state index contributed by atoms with van der Waals surface area (Å²) in [5, 5.41) is 0. The molecule has 0 aliphatic rings. The number of alkyl halides is 3. The molecule has 11 heteroatoms. The molecule has 0 unspecified atom stereocenters. The standard InChI is InChI=1S/C15H14ClF3N2O4S/c1-9-6-13(22)21(10(2)8-26(16,24)25)14(23)20(9)12-5-3-4-11(7-12)15(17,18)19/h3-7,10H,8H2,1-2H3/t10-/m1/s1. The lowest BCUT2D eigenvalue weighted by Crippen LogP contribution is -2.42. The van der Waals surface area contributed by atoms with Crippen LogP contribution in [0.3, 0.4) is 0 Å². The minimum atomic E-state index is -4.61. The van der Waals surface area contributed by atoms with Crippen LogP contribution in [0.15, 0.2) is 39.9 Å². The molecule has 2 rings (SSSR count). The zero-order valence-electron chi connectivity index (χ0n) is 13.6. The van der Waals surface area contributed by atoms with Gasteiger partial charge in [-0.05, 0) is 32.0 Å². The van der Waals surface area contributed by atoms with Crippen LogP contribution in [0.2, 0.25) is 0 Å². The molecule has 2 aromatic rings. The normalized spacial score (nSPS) is 13.6. The predicted octanol–water partition coefficient (Wildman–Crippen LogP) is 2.46. The maximum Gasteiger partial charge on any atom is 0.416 e. The molecule has 1 atom stereocenters. The van der Waals surface area contributed by atoms with Crippen molar-refractivity contribution >= 4 is 19.7 Å². The minimum absolute atomic E-state index is 0.1000. The lowest BCUT2D eigenvalue weighted by Gasteiger charge is -2.18. The highest BCUT2D eigenvalue weighted by Crippen LogP contribution is 2.30. The van der Waals surface area contributed by atoms with Gasteiger partial charge in [-0.15, -0.1) is 0 Å². The van der Waals surface area contributed by atoms with E-state index in [-0.39, 0.29) is 11.4 Å². The Hall–Kier alpha value is -2.07. The van der Waals surface area contributed by atoms with Gasteiger partial charge in [0.15, 0.2) is 0 Å². The summed E-state index contributed by atoms with van der Waals surface area (Å²) in [6.45, 7) is 2.69. The molecule has 142 valence electrons. The smallest absolute Gasteiger partial charge is 0.269 e. The highest BCUT2D eigenvalue weighted by molar-refractivity contribution is 8.13. The van der Waals surface area contributed by atoms with Crippen LogP contribution in [0.5, 0.6) is 0 Å². The van der Waals surface area contributed by atoms with Crippen molar-refractivity contribution < 1.29 is 21.6 Å². The van der Waals surface area contributed by atoms with Gasteiger partial charge in [-0.3, -0.25) is 13.9 Å². The molecule has 0 amide bonds. The molecule has 0 aliphatic carbocycles. The molecule has 0 N–H and O–H groups in total. The monoisotopic (exact) mass is 410 g/mol. The highest BCUT2D eigenvalue weighted by atomic mass is 35.7. The first-order valence-corrected chi connectivity index (χ1v) is 9.74. The van der Waals surface area contributed by atoms with E-state index < -0.39 is 43.8 Å². The molecule has 0 radical (unpaired) electrons. The third kappa shape index (κ3) is 4.36. The van der Waals surface area contributed by atoms with Gasteiger partial charge < -0.3 is 0 Å². The van der Waals surface area contributed by atoms with Gasteiger partial charge in [0.1, 0.15) is 0 Å². The molecular weight excluding hydrogens is 397 g/mol. The Balaban J connectivity index is 2.71. The van der Waals surface area contributed by atoms with E-state index in [2.05, 4.69) is 0 Å². The Morgan fingerprint density at radius 3 is 2.35 bits per heavy atom. The summed E-state index contributed by atoms with van der Waals surface area (Å²) in [6.07, 6.45) is -4.61. The van der Waals surface area contributed by atoms with Crippen LogP contribution in [-0.4, -0.2) is 23.3 Å². The Kier molecular flexibility index (Phi) is 5.39. The summed E-state index contributed by atoms with van der Waals surface area (Å²) in [5.74, 6) is -0.685. The van der Waals surface area contributed by atoms with Crippen molar-refractivity contribution in [1.82, 2.24) is 9.13 Å². The number of hydrogen-bond donors (Lipinski definition) is 0. The van der Waals surface area contributed by atoms with Crippen molar-refractivity contribution in [2.75, 3.05) is 5.75 Å². The molecule has 0 fully saturated rings. The number of aryl methyl sites for hydroxylation is 1. The fourth-order valence-corrected chi connectivity index (χ4v) is 3.84. The first-order chi connectivity index (χ1) is 11.8. The SMILES string of the molecule is Cc1cc(=O)n([C@H](C)CS(=O)(=O)Cl)c(=O)n1-c1cccc(C(F)(F)F)c1. The molecule has 6 nitrogen and oxygen atoms in total. The fourth-order valence-electron chi connectivity index (χ4n) is 2.57. The van der Waals surface area contributed by atoms with Crippen LogP contribution in [-0.2, 0) is 15.2 Å². The van der Waals surface area contributed by atoms with Crippen LogP contribution in [0.4, 0.5) is 13.2 Å². The maximum atomic E-state index is 12.9. The first kappa shape index (κ1) is 20.2. The van der Waals surface area contributed by atoms with Crippen molar-refractivity contribution in [1.29, 1.82) is 0 Å². The van der Waals surface area contributed by atoms with Crippen LogP contribution >= 0.6 is 10.7 Å². The number of aromatic nitrogens is 2. The predicted molar refractivity (Wildman–Crippen MR) is 90.4 cm³/mol. The third-order valence-corrected chi connectivity index (χ3v) is 4.89. The minimum Gasteiger partial charge on any atom is -0.269 e. The number of hydrogen-bond acceptors (Lipinski definition) is 4. The largest absolute Gasteiger partial charge is 0.416 e. The Labute approximate surface area is 150 Å². The van der Waals surface area contributed by atoms with E-state index in [0.717, 1.165) is 28.8 Å². The second kappa shape index (κ2) is 6.92. The van der Waals surface area contributed by atoms with E-state index in [1.54, 1.807) is 0 Å². The summed E-state index contributed by atoms with van der Waals surface area (Å²) in [4.78, 5) is 24.8.